The Hall–Kier alpha value is -1.69. The standard InChI is InChI=1S/C11H17N3O3/c1-8-5-7-13-11(10(8)14(16)17)12-6-3-4-9(2)15/h5,7,9,15H,3-4,6H2,1-2H3,(H,12,13). The first-order valence-corrected chi connectivity index (χ1v) is 5.54. The molecule has 2 N–H and O–H groups in total. The van der Waals surface area contributed by atoms with Gasteiger partial charge in [-0.3, -0.25) is 10.1 Å². The van der Waals surface area contributed by atoms with Crippen molar-refractivity contribution < 1.29 is 10.0 Å². The van der Waals surface area contributed by atoms with Gasteiger partial charge in [0.1, 0.15) is 0 Å². The van der Waals surface area contributed by atoms with Crippen molar-refractivity contribution >= 4 is 11.5 Å². The molecule has 1 unspecified atom stereocenters. The van der Waals surface area contributed by atoms with E-state index in [4.69, 9.17) is 5.11 Å². The van der Waals surface area contributed by atoms with Crippen molar-refractivity contribution in [3.63, 3.8) is 0 Å². The number of nitrogens with one attached hydrogen (secondary N) is 1. The predicted octanol–water partition coefficient (Wildman–Crippen LogP) is 1.87. The van der Waals surface area contributed by atoms with Crippen LogP contribution in [-0.2, 0) is 0 Å². The summed E-state index contributed by atoms with van der Waals surface area (Å²) in [4.78, 5) is 14.4. The van der Waals surface area contributed by atoms with Crippen LogP contribution in [0.1, 0.15) is 25.3 Å². The number of hydrogen-bond acceptors (Lipinski definition) is 5. The maximum atomic E-state index is 10.9. The molecule has 0 bridgehead atoms. The number of nitrogens with zero attached hydrogens (tertiary/aromatic N) is 2. The molecule has 6 nitrogen and oxygen atoms in total. The van der Waals surface area contributed by atoms with Crippen molar-refractivity contribution in [2.75, 3.05) is 11.9 Å². The summed E-state index contributed by atoms with van der Waals surface area (Å²) < 4.78 is 0. The molecule has 0 aliphatic heterocycles. The average molecular weight is 239 g/mol. The minimum atomic E-state index is -0.431. The Kier molecular flexibility index (Phi) is 4.84. The lowest BCUT2D eigenvalue weighted by atomic mass is 10.2. The molecule has 1 heterocycles. The smallest absolute Gasteiger partial charge is 0.314 e. The van der Waals surface area contributed by atoms with Gasteiger partial charge in [-0.15, -0.1) is 0 Å². The van der Waals surface area contributed by atoms with Crippen LogP contribution in [0.2, 0.25) is 0 Å². The number of hydrogen-bond donors (Lipinski definition) is 2. The van der Waals surface area contributed by atoms with Gasteiger partial charge in [0, 0.05) is 18.3 Å². The van der Waals surface area contributed by atoms with Gasteiger partial charge in [0.15, 0.2) is 0 Å². The second-order valence-corrected chi connectivity index (χ2v) is 4.00. The van der Waals surface area contributed by atoms with Crippen LogP contribution in [0.5, 0.6) is 0 Å². The van der Waals surface area contributed by atoms with Crippen molar-refractivity contribution in [2.45, 2.75) is 32.8 Å². The third-order valence-corrected chi connectivity index (χ3v) is 2.40. The van der Waals surface area contributed by atoms with Crippen LogP contribution in [0.3, 0.4) is 0 Å². The van der Waals surface area contributed by atoms with E-state index in [-0.39, 0.29) is 11.8 Å². The number of aryl methyl sites for hydroxylation is 1. The van der Waals surface area contributed by atoms with Gasteiger partial charge in [-0.05, 0) is 32.8 Å². The molecule has 0 saturated carbocycles. The molecule has 1 aromatic rings. The fraction of sp³-hybridized carbons (Fsp3) is 0.545. The SMILES string of the molecule is Cc1ccnc(NCCCC(C)O)c1[N+](=O)[O-]. The highest BCUT2D eigenvalue weighted by Crippen LogP contribution is 2.25. The van der Waals surface area contributed by atoms with Crippen LogP contribution in [0.15, 0.2) is 12.3 Å². The Morgan fingerprint density at radius 2 is 2.35 bits per heavy atom. The first kappa shape index (κ1) is 13.4. The maximum absolute atomic E-state index is 10.9. The number of nitro groups is 1. The topological polar surface area (TPSA) is 88.3 Å². The van der Waals surface area contributed by atoms with Gasteiger partial charge in [0.25, 0.3) is 0 Å². The Morgan fingerprint density at radius 3 is 2.94 bits per heavy atom. The molecule has 0 amide bonds. The zero-order valence-corrected chi connectivity index (χ0v) is 10.0. The van der Waals surface area contributed by atoms with Gasteiger partial charge in [-0.25, -0.2) is 4.98 Å². The molecule has 6 heteroatoms. The van der Waals surface area contributed by atoms with Crippen molar-refractivity contribution in [1.82, 2.24) is 4.98 Å². The molecule has 1 atom stereocenters. The van der Waals surface area contributed by atoms with Crippen LogP contribution in [0.4, 0.5) is 11.5 Å². The van der Waals surface area contributed by atoms with Crippen molar-refractivity contribution in [2.24, 2.45) is 0 Å². The second-order valence-electron chi connectivity index (χ2n) is 4.00. The van der Waals surface area contributed by atoms with Gasteiger partial charge in [0.2, 0.25) is 5.82 Å². The summed E-state index contributed by atoms with van der Waals surface area (Å²) in [5.74, 6) is 0.292. The number of aliphatic hydroxyl groups excluding tert-OH is 1. The van der Waals surface area contributed by atoms with E-state index in [0.29, 0.717) is 24.3 Å². The number of pyridine rings is 1. The molecular weight excluding hydrogens is 222 g/mol. The van der Waals surface area contributed by atoms with Crippen LogP contribution in [-0.4, -0.2) is 27.7 Å². The molecule has 17 heavy (non-hydrogen) atoms. The molecule has 0 saturated heterocycles. The highest BCUT2D eigenvalue weighted by molar-refractivity contribution is 5.59. The fourth-order valence-electron chi connectivity index (χ4n) is 1.51. The quantitative estimate of drug-likeness (QED) is 0.449. The van der Waals surface area contributed by atoms with Gasteiger partial charge in [-0.1, -0.05) is 0 Å². The van der Waals surface area contributed by atoms with E-state index in [0.717, 1.165) is 6.42 Å². The van der Waals surface area contributed by atoms with E-state index >= 15 is 0 Å². The number of anilines is 1. The van der Waals surface area contributed by atoms with Crippen LogP contribution in [0, 0.1) is 17.0 Å². The summed E-state index contributed by atoms with van der Waals surface area (Å²) in [5.41, 5.74) is 0.604. The summed E-state index contributed by atoms with van der Waals surface area (Å²) in [5, 5.41) is 22.9. The van der Waals surface area contributed by atoms with E-state index in [1.165, 1.54) is 0 Å². The summed E-state index contributed by atoms with van der Waals surface area (Å²) in [6.45, 7) is 3.95. The van der Waals surface area contributed by atoms with Crippen molar-refractivity contribution in [1.29, 1.82) is 0 Å². The molecule has 1 rings (SSSR count). The van der Waals surface area contributed by atoms with Crippen LogP contribution in [0.25, 0.3) is 0 Å². The summed E-state index contributed by atoms with van der Waals surface area (Å²) in [6.07, 6.45) is 2.59. The average Bonchev–Trinajstić information content (AvgIpc) is 2.23. The monoisotopic (exact) mass is 239 g/mol. The first-order chi connectivity index (χ1) is 8.02. The Bertz CT molecular complexity index is 394. The third kappa shape index (κ3) is 3.99. The number of rotatable bonds is 6. The van der Waals surface area contributed by atoms with E-state index in [1.807, 2.05) is 0 Å². The van der Waals surface area contributed by atoms with Crippen LogP contribution >= 0.6 is 0 Å². The number of aromatic nitrogens is 1. The molecule has 0 aliphatic rings. The lowest BCUT2D eigenvalue weighted by Gasteiger charge is -2.08. The Balaban J connectivity index is 2.64. The molecule has 0 radical (unpaired) electrons. The molecule has 0 aliphatic carbocycles. The summed E-state index contributed by atoms with van der Waals surface area (Å²) in [6, 6.07) is 1.61. The van der Waals surface area contributed by atoms with Crippen LogP contribution < -0.4 is 5.32 Å². The molecule has 1 aromatic heterocycles. The summed E-state index contributed by atoms with van der Waals surface area (Å²) in [7, 11) is 0. The minimum absolute atomic E-state index is 0.0181. The van der Waals surface area contributed by atoms with E-state index in [2.05, 4.69) is 10.3 Å². The van der Waals surface area contributed by atoms with Gasteiger partial charge < -0.3 is 10.4 Å². The number of aliphatic hydroxyl groups is 1. The second kappa shape index (κ2) is 6.15. The zero-order valence-electron chi connectivity index (χ0n) is 10.0. The van der Waals surface area contributed by atoms with E-state index in [9.17, 15) is 10.1 Å². The fourth-order valence-corrected chi connectivity index (χ4v) is 1.51. The van der Waals surface area contributed by atoms with Crippen molar-refractivity contribution in [3.8, 4) is 0 Å². The molecular formula is C11H17N3O3. The lowest BCUT2D eigenvalue weighted by Crippen LogP contribution is -2.09. The van der Waals surface area contributed by atoms with E-state index in [1.54, 1.807) is 26.1 Å². The van der Waals surface area contributed by atoms with Gasteiger partial charge >= 0.3 is 5.69 Å². The van der Waals surface area contributed by atoms with Gasteiger partial charge in [0.05, 0.1) is 11.0 Å². The van der Waals surface area contributed by atoms with Gasteiger partial charge in [-0.2, -0.15) is 0 Å². The Labute approximate surface area is 99.8 Å². The minimum Gasteiger partial charge on any atom is -0.393 e. The Morgan fingerprint density at radius 1 is 1.65 bits per heavy atom. The normalized spacial score (nSPS) is 12.2. The molecule has 0 aromatic carbocycles. The van der Waals surface area contributed by atoms with E-state index < -0.39 is 4.92 Å². The predicted molar refractivity (Wildman–Crippen MR) is 65.0 cm³/mol. The molecule has 94 valence electrons. The molecule has 0 spiro atoms. The van der Waals surface area contributed by atoms with Crippen molar-refractivity contribution in [3.05, 3.63) is 27.9 Å². The zero-order chi connectivity index (χ0) is 12.8. The lowest BCUT2D eigenvalue weighted by molar-refractivity contribution is -0.384. The largest absolute Gasteiger partial charge is 0.393 e. The highest BCUT2D eigenvalue weighted by Gasteiger charge is 2.17. The molecule has 0 fully saturated rings. The summed E-state index contributed by atoms with van der Waals surface area (Å²) >= 11 is 0. The maximum Gasteiger partial charge on any atom is 0.314 e. The first-order valence-electron chi connectivity index (χ1n) is 5.54. The highest BCUT2D eigenvalue weighted by atomic mass is 16.6. The third-order valence-electron chi connectivity index (χ3n) is 2.40.